The third-order valence-corrected chi connectivity index (χ3v) is 4.88. The summed E-state index contributed by atoms with van der Waals surface area (Å²) in [5.41, 5.74) is 2.89. The highest BCUT2D eigenvalue weighted by molar-refractivity contribution is 6.31. The van der Waals surface area contributed by atoms with Crippen LogP contribution in [0.1, 0.15) is 23.5 Å². The molecule has 1 fully saturated rings. The number of fused-ring (bicyclic) bond motifs is 1. The number of nitrogens with zero attached hydrogens (tertiary/aromatic N) is 3. The Hall–Kier alpha value is -2.21. The van der Waals surface area contributed by atoms with E-state index < -0.39 is 0 Å². The average molecular weight is 347 g/mol. The predicted octanol–water partition coefficient (Wildman–Crippen LogP) is 3.03. The van der Waals surface area contributed by atoms with Crippen LogP contribution in [-0.2, 0) is 13.5 Å². The molecule has 1 saturated heterocycles. The number of hydrogen-bond acceptors (Lipinski definition) is 3. The van der Waals surface area contributed by atoms with Crippen molar-refractivity contribution in [3.63, 3.8) is 0 Å². The lowest BCUT2D eigenvalue weighted by molar-refractivity contribution is 0.222. The molecule has 24 heavy (non-hydrogen) atoms. The summed E-state index contributed by atoms with van der Waals surface area (Å²) in [6.45, 7) is 2.06. The van der Waals surface area contributed by atoms with E-state index in [9.17, 15) is 4.79 Å². The molecule has 1 aromatic carbocycles. The Bertz CT molecular complexity index is 789. The molecule has 1 aromatic heterocycles. The van der Waals surface area contributed by atoms with Crippen molar-refractivity contribution in [1.29, 1.82) is 0 Å². The van der Waals surface area contributed by atoms with Crippen molar-refractivity contribution in [2.45, 2.75) is 18.8 Å². The third kappa shape index (κ3) is 2.82. The van der Waals surface area contributed by atoms with Crippen molar-refractivity contribution in [1.82, 2.24) is 14.7 Å². The molecule has 3 heterocycles. The number of ether oxygens (including phenoxy) is 1. The van der Waals surface area contributed by atoms with Crippen LogP contribution in [0, 0.1) is 0 Å². The van der Waals surface area contributed by atoms with Crippen LogP contribution in [0.25, 0.3) is 0 Å². The van der Waals surface area contributed by atoms with Gasteiger partial charge in [-0.1, -0.05) is 11.6 Å². The first-order valence-corrected chi connectivity index (χ1v) is 8.47. The number of nitrogens with one attached hydrogen (secondary N) is 1. The van der Waals surface area contributed by atoms with Gasteiger partial charge in [0.1, 0.15) is 5.75 Å². The average Bonchev–Trinajstić information content (AvgIpc) is 3.25. The molecule has 7 heteroatoms. The molecule has 1 N–H and O–H groups in total. The summed E-state index contributed by atoms with van der Waals surface area (Å²) in [5, 5.41) is 7.79. The molecule has 126 valence electrons. The van der Waals surface area contributed by atoms with Crippen LogP contribution in [-0.4, -0.2) is 40.4 Å². The fraction of sp³-hybridized carbons (Fsp3) is 0.412. The Morgan fingerprint density at radius 2 is 2.33 bits per heavy atom. The van der Waals surface area contributed by atoms with Gasteiger partial charge < -0.3 is 15.0 Å². The highest BCUT2D eigenvalue weighted by Crippen LogP contribution is 2.37. The van der Waals surface area contributed by atoms with Gasteiger partial charge in [-0.05, 0) is 24.1 Å². The molecule has 2 amide bonds. The Labute approximate surface area is 145 Å². The second-order valence-electron chi connectivity index (χ2n) is 6.35. The van der Waals surface area contributed by atoms with Crippen molar-refractivity contribution in [2.75, 3.05) is 25.0 Å². The maximum Gasteiger partial charge on any atom is 0.321 e. The van der Waals surface area contributed by atoms with Gasteiger partial charge in [-0.25, -0.2) is 4.79 Å². The molecule has 0 spiro atoms. The topological polar surface area (TPSA) is 59.4 Å². The van der Waals surface area contributed by atoms with E-state index in [0.29, 0.717) is 29.8 Å². The minimum Gasteiger partial charge on any atom is -0.491 e. The number of likely N-dealkylation sites (tertiary alicyclic amines) is 1. The van der Waals surface area contributed by atoms with Crippen LogP contribution in [0.15, 0.2) is 24.5 Å². The number of anilines is 1. The van der Waals surface area contributed by atoms with Gasteiger partial charge in [-0.3, -0.25) is 4.68 Å². The number of urea groups is 1. The van der Waals surface area contributed by atoms with Gasteiger partial charge >= 0.3 is 6.03 Å². The second kappa shape index (κ2) is 6.02. The number of aromatic nitrogens is 2. The SMILES string of the molecule is Cn1cc([C@H]2CCN(C(=O)Nc3cc(Cl)cc4c3OCC4)C2)cn1. The number of carbonyl (C=O) groups excluding carboxylic acids is 1. The first-order chi connectivity index (χ1) is 11.6. The van der Waals surface area contributed by atoms with E-state index >= 15 is 0 Å². The van der Waals surface area contributed by atoms with Gasteiger partial charge in [0.05, 0.1) is 18.5 Å². The Balaban J connectivity index is 1.46. The van der Waals surface area contributed by atoms with Crippen molar-refractivity contribution < 1.29 is 9.53 Å². The molecule has 1 atom stereocenters. The quantitative estimate of drug-likeness (QED) is 0.909. The smallest absolute Gasteiger partial charge is 0.321 e. The largest absolute Gasteiger partial charge is 0.491 e. The van der Waals surface area contributed by atoms with E-state index in [-0.39, 0.29) is 6.03 Å². The van der Waals surface area contributed by atoms with E-state index in [0.717, 1.165) is 30.7 Å². The lowest BCUT2D eigenvalue weighted by Crippen LogP contribution is -2.32. The third-order valence-electron chi connectivity index (χ3n) is 4.66. The van der Waals surface area contributed by atoms with Crippen LogP contribution in [0.4, 0.5) is 10.5 Å². The van der Waals surface area contributed by atoms with Crippen molar-refractivity contribution in [3.05, 3.63) is 40.7 Å². The van der Waals surface area contributed by atoms with Gasteiger partial charge in [0.15, 0.2) is 0 Å². The number of aryl methyl sites for hydroxylation is 1. The molecule has 0 saturated carbocycles. The van der Waals surface area contributed by atoms with Gasteiger partial charge in [-0.2, -0.15) is 5.10 Å². The van der Waals surface area contributed by atoms with Crippen LogP contribution >= 0.6 is 11.6 Å². The maximum atomic E-state index is 12.6. The molecule has 2 aromatic rings. The zero-order chi connectivity index (χ0) is 16.7. The first kappa shape index (κ1) is 15.3. The summed E-state index contributed by atoms with van der Waals surface area (Å²) < 4.78 is 7.43. The van der Waals surface area contributed by atoms with Gasteiger partial charge in [0.2, 0.25) is 0 Å². The lowest BCUT2D eigenvalue weighted by atomic mass is 10.0. The van der Waals surface area contributed by atoms with Gasteiger partial charge in [0.25, 0.3) is 0 Å². The minimum atomic E-state index is -0.110. The number of halogens is 1. The highest BCUT2D eigenvalue weighted by Gasteiger charge is 2.29. The molecular weight excluding hydrogens is 328 g/mol. The van der Waals surface area contributed by atoms with Crippen LogP contribution in [0.3, 0.4) is 0 Å². The number of amides is 2. The Morgan fingerprint density at radius 3 is 3.12 bits per heavy atom. The normalized spacial score (nSPS) is 19.2. The number of rotatable bonds is 2. The predicted molar refractivity (Wildman–Crippen MR) is 91.8 cm³/mol. The number of carbonyl (C=O) groups is 1. The minimum absolute atomic E-state index is 0.110. The van der Waals surface area contributed by atoms with Crippen LogP contribution in [0.5, 0.6) is 5.75 Å². The summed E-state index contributed by atoms with van der Waals surface area (Å²) in [7, 11) is 1.91. The Kier molecular flexibility index (Phi) is 3.84. The van der Waals surface area contributed by atoms with Crippen molar-refractivity contribution in [3.8, 4) is 5.75 Å². The summed E-state index contributed by atoms with van der Waals surface area (Å²) >= 11 is 6.15. The molecule has 0 radical (unpaired) electrons. The summed E-state index contributed by atoms with van der Waals surface area (Å²) in [5.74, 6) is 1.08. The highest BCUT2D eigenvalue weighted by atomic mass is 35.5. The van der Waals surface area contributed by atoms with Gasteiger partial charge in [-0.15, -0.1) is 0 Å². The molecule has 4 rings (SSSR count). The van der Waals surface area contributed by atoms with Crippen molar-refractivity contribution in [2.24, 2.45) is 7.05 Å². The monoisotopic (exact) mass is 346 g/mol. The fourth-order valence-corrected chi connectivity index (χ4v) is 3.66. The molecule has 0 bridgehead atoms. The molecule has 6 nitrogen and oxygen atoms in total. The molecule has 0 unspecified atom stereocenters. The summed E-state index contributed by atoms with van der Waals surface area (Å²) in [6, 6.07) is 3.54. The fourth-order valence-electron chi connectivity index (χ4n) is 3.42. The number of hydrogen-bond donors (Lipinski definition) is 1. The van der Waals surface area contributed by atoms with Crippen molar-refractivity contribution >= 4 is 23.3 Å². The molecule has 2 aliphatic rings. The van der Waals surface area contributed by atoms with E-state index in [1.807, 2.05) is 30.4 Å². The zero-order valence-electron chi connectivity index (χ0n) is 13.5. The maximum absolute atomic E-state index is 12.6. The Morgan fingerprint density at radius 1 is 1.46 bits per heavy atom. The zero-order valence-corrected chi connectivity index (χ0v) is 14.2. The van der Waals surface area contributed by atoms with E-state index in [1.54, 1.807) is 10.7 Å². The molecule has 0 aliphatic carbocycles. The number of benzene rings is 1. The van der Waals surface area contributed by atoms with Gasteiger partial charge in [0, 0.05) is 49.3 Å². The summed E-state index contributed by atoms with van der Waals surface area (Å²) in [6.07, 6.45) is 5.67. The lowest BCUT2D eigenvalue weighted by Gasteiger charge is -2.18. The van der Waals surface area contributed by atoms with Crippen LogP contribution < -0.4 is 10.1 Å². The second-order valence-corrected chi connectivity index (χ2v) is 6.79. The summed E-state index contributed by atoms with van der Waals surface area (Å²) in [4.78, 5) is 14.4. The molecular formula is C17H19ClN4O2. The van der Waals surface area contributed by atoms with E-state index in [4.69, 9.17) is 16.3 Å². The first-order valence-electron chi connectivity index (χ1n) is 8.10. The van der Waals surface area contributed by atoms with E-state index in [2.05, 4.69) is 10.4 Å². The standard InChI is InChI=1S/C17H19ClN4O2/c1-21-9-13(8-19-21)12-2-4-22(10-12)17(23)20-15-7-14(18)6-11-3-5-24-16(11)15/h6-9,12H,2-5,10H2,1H3,(H,20,23)/t12-/m0/s1. The molecule has 2 aliphatic heterocycles. The van der Waals surface area contributed by atoms with E-state index in [1.165, 1.54) is 5.56 Å². The van der Waals surface area contributed by atoms with Crippen LogP contribution in [0.2, 0.25) is 5.02 Å².